The summed E-state index contributed by atoms with van der Waals surface area (Å²) >= 11 is 0.867. The zero-order valence-electron chi connectivity index (χ0n) is 16.3. The molecule has 8 nitrogen and oxygen atoms in total. The van der Waals surface area contributed by atoms with Crippen molar-refractivity contribution in [3.8, 4) is 0 Å². The fraction of sp³-hybridized carbons (Fsp3) is 0.150. The highest BCUT2D eigenvalue weighted by molar-refractivity contribution is 7.99. The first-order chi connectivity index (χ1) is 15.1. The van der Waals surface area contributed by atoms with Crippen molar-refractivity contribution in [2.75, 3.05) is 11.1 Å². The van der Waals surface area contributed by atoms with Crippen molar-refractivity contribution in [1.29, 1.82) is 0 Å². The van der Waals surface area contributed by atoms with E-state index >= 15 is 0 Å². The Hall–Kier alpha value is -3.67. The molecule has 32 heavy (non-hydrogen) atoms. The predicted octanol–water partition coefficient (Wildman–Crippen LogP) is 4.24. The molecule has 1 heterocycles. The van der Waals surface area contributed by atoms with Gasteiger partial charge >= 0.3 is 6.18 Å². The average molecular weight is 464 g/mol. The Morgan fingerprint density at radius 3 is 2.66 bits per heavy atom. The van der Waals surface area contributed by atoms with Crippen LogP contribution in [-0.2, 0) is 17.5 Å². The molecule has 3 rings (SSSR count). The second-order valence-corrected chi connectivity index (χ2v) is 7.38. The molecule has 0 radical (unpaired) electrons. The first-order valence-corrected chi connectivity index (χ1v) is 9.99. The number of nitrogens with zero attached hydrogens (tertiary/aromatic N) is 3. The van der Waals surface area contributed by atoms with E-state index in [0.29, 0.717) is 17.0 Å². The lowest BCUT2D eigenvalue weighted by Crippen LogP contribution is -2.24. The van der Waals surface area contributed by atoms with Gasteiger partial charge in [-0.2, -0.15) is 13.2 Å². The van der Waals surface area contributed by atoms with E-state index in [4.69, 9.17) is 0 Å². The average Bonchev–Trinajstić information content (AvgIpc) is 2.74. The standard InChI is InChI=1S/C20H15F3N4O4S/c1-2-9-26-18(29)13-5-3-4-6-15(13)25-19(26)32-11-17(28)24-16-8-7-12(27(30)31)10-14(16)20(21,22)23/h2-8,10H,1,9,11H2,(H,24,28). The van der Waals surface area contributed by atoms with Crippen molar-refractivity contribution < 1.29 is 22.9 Å². The largest absolute Gasteiger partial charge is 0.418 e. The highest BCUT2D eigenvalue weighted by Gasteiger charge is 2.35. The second-order valence-electron chi connectivity index (χ2n) is 6.44. The molecule has 12 heteroatoms. The van der Waals surface area contributed by atoms with Crippen LogP contribution < -0.4 is 10.9 Å². The molecular weight excluding hydrogens is 449 g/mol. The minimum Gasteiger partial charge on any atom is -0.325 e. The summed E-state index contributed by atoms with van der Waals surface area (Å²) in [5.74, 6) is -1.15. The number of rotatable bonds is 7. The number of carbonyl (C=O) groups excluding carboxylic acids is 1. The third kappa shape index (κ3) is 4.97. The summed E-state index contributed by atoms with van der Waals surface area (Å²) < 4.78 is 41.2. The molecule has 0 saturated heterocycles. The molecule has 0 unspecified atom stereocenters. The van der Waals surface area contributed by atoms with Gasteiger partial charge in [0.1, 0.15) is 0 Å². The van der Waals surface area contributed by atoms with Crippen LogP contribution in [0.5, 0.6) is 0 Å². The molecule has 1 N–H and O–H groups in total. The smallest absolute Gasteiger partial charge is 0.325 e. The lowest BCUT2D eigenvalue weighted by atomic mass is 10.1. The number of carbonyl (C=O) groups is 1. The summed E-state index contributed by atoms with van der Waals surface area (Å²) in [6, 6.07) is 8.67. The number of benzene rings is 2. The Morgan fingerprint density at radius 1 is 1.28 bits per heavy atom. The Labute approximate surface area is 182 Å². The number of alkyl halides is 3. The van der Waals surface area contributed by atoms with Gasteiger partial charge in [0.25, 0.3) is 11.2 Å². The van der Waals surface area contributed by atoms with Crippen LogP contribution in [0.1, 0.15) is 5.56 Å². The van der Waals surface area contributed by atoms with Gasteiger partial charge in [-0.05, 0) is 18.2 Å². The number of nitro groups is 1. The number of para-hydroxylation sites is 1. The maximum Gasteiger partial charge on any atom is 0.418 e. The quantitative estimate of drug-likeness (QED) is 0.184. The second kappa shape index (κ2) is 9.22. The van der Waals surface area contributed by atoms with Crippen LogP contribution in [0.4, 0.5) is 24.5 Å². The molecule has 0 spiro atoms. The van der Waals surface area contributed by atoms with Crippen LogP contribution in [0.15, 0.2) is 65.1 Å². The summed E-state index contributed by atoms with van der Waals surface area (Å²) in [5.41, 5.74) is -2.62. The minimum absolute atomic E-state index is 0.126. The summed E-state index contributed by atoms with van der Waals surface area (Å²) in [4.78, 5) is 39.2. The molecule has 0 saturated carbocycles. The predicted molar refractivity (Wildman–Crippen MR) is 114 cm³/mol. The number of allylic oxidation sites excluding steroid dienone is 1. The summed E-state index contributed by atoms with van der Waals surface area (Å²) in [5, 5.41) is 13.5. The fourth-order valence-corrected chi connectivity index (χ4v) is 3.66. The topological polar surface area (TPSA) is 107 Å². The van der Waals surface area contributed by atoms with Gasteiger partial charge in [-0.15, -0.1) is 6.58 Å². The van der Waals surface area contributed by atoms with Gasteiger partial charge < -0.3 is 5.32 Å². The molecule has 1 amide bonds. The Balaban J connectivity index is 1.85. The molecule has 0 fully saturated rings. The number of fused-ring (bicyclic) bond motifs is 1. The van der Waals surface area contributed by atoms with E-state index in [0.717, 1.165) is 23.9 Å². The van der Waals surface area contributed by atoms with Crippen LogP contribution in [0, 0.1) is 10.1 Å². The molecule has 2 aromatic carbocycles. The van der Waals surface area contributed by atoms with Gasteiger partial charge in [0.2, 0.25) is 5.91 Å². The van der Waals surface area contributed by atoms with Crippen molar-refractivity contribution in [1.82, 2.24) is 9.55 Å². The van der Waals surface area contributed by atoms with Gasteiger partial charge in [0.05, 0.1) is 32.8 Å². The number of non-ortho nitro benzene ring substituents is 1. The zero-order valence-corrected chi connectivity index (χ0v) is 17.1. The molecule has 0 aliphatic carbocycles. The van der Waals surface area contributed by atoms with E-state index in [1.54, 1.807) is 24.3 Å². The lowest BCUT2D eigenvalue weighted by molar-refractivity contribution is -0.385. The maximum absolute atomic E-state index is 13.3. The van der Waals surface area contributed by atoms with Crippen molar-refractivity contribution in [2.24, 2.45) is 0 Å². The van der Waals surface area contributed by atoms with Gasteiger partial charge in [-0.25, -0.2) is 4.98 Å². The maximum atomic E-state index is 13.3. The van der Waals surface area contributed by atoms with Crippen molar-refractivity contribution >= 4 is 39.9 Å². The van der Waals surface area contributed by atoms with E-state index in [9.17, 15) is 32.9 Å². The number of nitrogens with one attached hydrogen (secondary N) is 1. The number of halogens is 3. The SMILES string of the molecule is C=CCn1c(SCC(=O)Nc2ccc([N+](=O)[O-])cc2C(F)(F)F)nc2ccccc2c1=O. The van der Waals surface area contributed by atoms with Crippen LogP contribution in [0.3, 0.4) is 0 Å². The molecule has 0 atom stereocenters. The third-order valence-corrected chi connectivity index (χ3v) is 5.24. The van der Waals surface area contributed by atoms with Crippen LogP contribution >= 0.6 is 11.8 Å². The molecule has 0 aliphatic rings. The monoisotopic (exact) mass is 464 g/mol. The van der Waals surface area contributed by atoms with E-state index in [1.165, 1.54) is 10.6 Å². The number of anilines is 1. The van der Waals surface area contributed by atoms with Gasteiger partial charge in [-0.1, -0.05) is 30.0 Å². The highest BCUT2D eigenvalue weighted by Crippen LogP contribution is 2.37. The first kappa shape index (κ1) is 23.0. The van der Waals surface area contributed by atoms with E-state index in [-0.39, 0.29) is 23.0 Å². The normalized spacial score (nSPS) is 11.3. The number of nitro benzene ring substituents is 1. The van der Waals surface area contributed by atoms with E-state index < -0.39 is 33.9 Å². The third-order valence-electron chi connectivity index (χ3n) is 4.26. The number of hydrogen-bond donors (Lipinski definition) is 1. The van der Waals surface area contributed by atoms with Gasteiger partial charge in [0.15, 0.2) is 5.16 Å². The van der Waals surface area contributed by atoms with E-state index in [2.05, 4.69) is 16.9 Å². The Morgan fingerprint density at radius 2 is 2.00 bits per heavy atom. The number of thioether (sulfide) groups is 1. The molecule has 1 aromatic heterocycles. The fourth-order valence-electron chi connectivity index (χ4n) is 2.85. The Bertz CT molecular complexity index is 1270. The number of amides is 1. The van der Waals surface area contributed by atoms with Crippen LogP contribution in [0.25, 0.3) is 10.9 Å². The summed E-state index contributed by atoms with van der Waals surface area (Å²) in [6.45, 7) is 3.72. The van der Waals surface area contributed by atoms with Crippen LogP contribution in [-0.4, -0.2) is 26.1 Å². The summed E-state index contributed by atoms with van der Waals surface area (Å²) in [7, 11) is 0. The zero-order chi connectivity index (χ0) is 23.5. The number of hydrogen-bond acceptors (Lipinski definition) is 6. The van der Waals surface area contributed by atoms with Crippen molar-refractivity contribution in [3.63, 3.8) is 0 Å². The molecule has 0 bridgehead atoms. The molecule has 0 aliphatic heterocycles. The van der Waals surface area contributed by atoms with Crippen LogP contribution in [0.2, 0.25) is 0 Å². The highest BCUT2D eigenvalue weighted by atomic mass is 32.2. The number of aromatic nitrogens is 2. The summed E-state index contributed by atoms with van der Waals surface area (Å²) in [6.07, 6.45) is -3.43. The van der Waals surface area contributed by atoms with E-state index in [1.807, 2.05) is 0 Å². The lowest BCUT2D eigenvalue weighted by Gasteiger charge is -2.14. The molecular formula is C20H15F3N4O4S. The molecule has 166 valence electrons. The first-order valence-electron chi connectivity index (χ1n) is 9.00. The molecule has 3 aromatic rings. The van der Waals surface area contributed by atoms with Crippen molar-refractivity contribution in [2.45, 2.75) is 17.9 Å². The minimum atomic E-state index is -4.91. The van der Waals surface area contributed by atoms with Gasteiger partial charge in [0, 0.05) is 18.7 Å². The van der Waals surface area contributed by atoms with Crippen molar-refractivity contribution in [3.05, 3.63) is 81.2 Å². The Kier molecular flexibility index (Phi) is 6.63. The van der Waals surface area contributed by atoms with Gasteiger partial charge in [-0.3, -0.25) is 24.3 Å².